The van der Waals surface area contributed by atoms with Gasteiger partial charge in [0.25, 0.3) is 0 Å². The van der Waals surface area contributed by atoms with Gasteiger partial charge in [-0.05, 0) is 16.3 Å². The Kier molecular flexibility index (Phi) is 1.36. The third-order valence-corrected chi connectivity index (χ3v) is 1.92. The van der Waals surface area contributed by atoms with E-state index in [1.165, 1.54) is 0 Å². The number of nitrogens with zero attached hydrogens (tertiary/aromatic N) is 4. The topological polar surface area (TPSA) is 43.6 Å². The van der Waals surface area contributed by atoms with Gasteiger partial charge in [0.1, 0.15) is 11.8 Å². The van der Waals surface area contributed by atoms with E-state index in [0.717, 1.165) is 16.9 Å². The maximum absolute atomic E-state index is 4.13. The average molecular weight is 166 g/mol. The molecule has 0 saturated carbocycles. The predicted octanol–water partition coefficient (Wildman–Crippen LogP) is 0.773. The van der Waals surface area contributed by atoms with Crippen molar-refractivity contribution < 1.29 is 0 Å². The van der Waals surface area contributed by atoms with Crippen LogP contribution in [0, 0.1) is 6.92 Å². The molecule has 2 aromatic heterocycles. The summed E-state index contributed by atoms with van der Waals surface area (Å²) < 4.78 is 1.80. The molecule has 0 aliphatic carbocycles. The molecule has 56 valence electrons. The van der Waals surface area contributed by atoms with Gasteiger partial charge in [-0.25, -0.2) is 15.0 Å². The van der Waals surface area contributed by atoms with Crippen molar-refractivity contribution in [2.24, 2.45) is 0 Å². The Morgan fingerprint density at radius 1 is 1.36 bits per heavy atom. The van der Waals surface area contributed by atoms with Gasteiger partial charge in [0.15, 0.2) is 5.65 Å². The van der Waals surface area contributed by atoms with Crippen LogP contribution in [0.5, 0.6) is 0 Å². The van der Waals surface area contributed by atoms with E-state index in [2.05, 4.69) is 24.3 Å². The zero-order chi connectivity index (χ0) is 7.84. The van der Waals surface area contributed by atoms with Crippen molar-refractivity contribution in [2.75, 3.05) is 0 Å². The summed E-state index contributed by atoms with van der Waals surface area (Å²) in [7, 11) is 2.52. The zero-order valence-electron chi connectivity index (χ0n) is 6.02. The number of fused-ring (bicyclic) bond motifs is 1. The van der Waals surface area contributed by atoms with Crippen molar-refractivity contribution in [1.29, 1.82) is 0 Å². The fraction of sp³-hybridized carbons (Fsp3) is 0.167. The van der Waals surface area contributed by atoms with Crippen LogP contribution in [-0.4, -0.2) is 19.3 Å². The predicted molar refractivity (Wildman–Crippen MR) is 45.2 cm³/mol. The van der Waals surface area contributed by atoms with Crippen molar-refractivity contribution in [2.45, 2.75) is 6.92 Å². The summed E-state index contributed by atoms with van der Waals surface area (Å²) in [5.41, 5.74) is 2.63. The second-order valence-corrected chi connectivity index (χ2v) is 2.84. The molecule has 0 N–H and O–H groups in total. The molecule has 0 aliphatic heterocycles. The van der Waals surface area contributed by atoms with Crippen LogP contribution in [0.4, 0.5) is 0 Å². The van der Waals surface area contributed by atoms with Crippen LogP contribution in [0.2, 0.25) is 0 Å². The molecule has 11 heavy (non-hydrogen) atoms. The van der Waals surface area contributed by atoms with Crippen LogP contribution in [-0.2, 0) is 0 Å². The van der Waals surface area contributed by atoms with Gasteiger partial charge in [-0.15, -0.1) is 0 Å². The molecule has 5 heteroatoms. The van der Waals surface area contributed by atoms with E-state index in [4.69, 9.17) is 0 Å². The van der Waals surface area contributed by atoms with Crippen molar-refractivity contribution >= 4 is 20.6 Å². The lowest BCUT2D eigenvalue weighted by Crippen LogP contribution is -1.86. The van der Waals surface area contributed by atoms with Gasteiger partial charge >= 0.3 is 0 Å². The van der Waals surface area contributed by atoms with Gasteiger partial charge < -0.3 is 0 Å². The van der Waals surface area contributed by atoms with Crippen molar-refractivity contribution in [3.8, 4) is 0 Å². The molecule has 0 amide bonds. The van der Waals surface area contributed by atoms with Crippen LogP contribution < -0.4 is 0 Å². The minimum absolute atomic E-state index is 0.850. The van der Waals surface area contributed by atoms with E-state index in [9.17, 15) is 0 Å². The maximum atomic E-state index is 4.13. The Labute approximate surface area is 65.9 Å². The van der Waals surface area contributed by atoms with Gasteiger partial charge in [0.05, 0.1) is 12.0 Å². The second kappa shape index (κ2) is 2.24. The minimum atomic E-state index is 0.850. The van der Waals surface area contributed by atoms with Crippen LogP contribution >= 0.6 is 9.39 Å². The smallest absolute Gasteiger partial charge is 0.166 e. The van der Waals surface area contributed by atoms with Crippen LogP contribution in [0.25, 0.3) is 11.2 Å². The molecule has 0 radical (unpaired) electrons. The quantitative estimate of drug-likeness (QED) is 0.543. The third kappa shape index (κ3) is 0.906. The largest absolute Gasteiger partial charge is 0.299 e. The molecule has 0 saturated heterocycles. The lowest BCUT2D eigenvalue weighted by Gasteiger charge is -1.92. The summed E-state index contributed by atoms with van der Waals surface area (Å²) >= 11 is 0. The third-order valence-electron chi connectivity index (χ3n) is 1.54. The molecule has 0 spiro atoms. The fourth-order valence-corrected chi connectivity index (χ4v) is 1.22. The summed E-state index contributed by atoms with van der Waals surface area (Å²) in [4.78, 5) is 12.2. The summed E-state index contributed by atoms with van der Waals surface area (Å²) in [6, 6.07) is 0. The summed E-state index contributed by atoms with van der Waals surface area (Å²) in [5, 5.41) is 0. The Morgan fingerprint density at radius 2 is 2.18 bits per heavy atom. The number of aromatic nitrogens is 4. The first-order chi connectivity index (χ1) is 5.29. The van der Waals surface area contributed by atoms with E-state index < -0.39 is 0 Å². The first kappa shape index (κ1) is 6.68. The molecular weight excluding hydrogens is 159 g/mol. The molecule has 0 aromatic carbocycles. The standard InChI is InChI=1S/C6H7N4P/c1-4-5-6(8-2-7-4)10(11)3-9-5/h2-3H,11H2,1H3. The SMILES string of the molecule is Cc1ncnc2c1ncn2P. The van der Waals surface area contributed by atoms with E-state index >= 15 is 0 Å². The van der Waals surface area contributed by atoms with Gasteiger partial charge in [0, 0.05) is 0 Å². The molecule has 0 bridgehead atoms. The monoisotopic (exact) mass is 166 g/mol. The van der Waals surface area contributed by atoms with E-state index in [0.29, 0.717) is 0 Å². The number of hydrogen-bond donors (Lipinski definition) is 0. The summed E-state index contributed by atoms with van der Waals surface area (Å²) in [6.45, 7) is 1.92. The Hall–Kier alpha value is -1.02. The molecule has 0 fully saturated rings. The lowest BCUT2D eigenvalue weighted by atomic mass is 10.4. The van der Waals surface area contributed by atoms with E-state index in [-0.39, 0.29) is 0 Å². The average Bonchev–Trinajstić information content (AvgIpc) is 2.35. The Balaban J connectivity index is 2.94. The van der Waals surface area contributed by atoms with E-state index in [1.807, 2.05) is 6.92 Å². The molecule has 0 aliphatic rings. The van der Waals surface area contributed by atoms with Crippen LogP contribution in [0.1, 0.15) is 5.69 Å². The summed E-state index contributed by atoms with van der Waals surface area (Å²) in [6.07, 6.45) is 3.25. The van der Waals surface area contributed by atoms with E-state index in [1.54, 1.807) is 17.0 Å². The number of aryl methyl sites for hydroxylation is 1. The highest BCUT2D eigenvalue weighted by molar-refractivity contribution is 7.14. The lowest BCUT2D eigenvalue weighted by molar-refractivity contribution is 1.13. The molecular formula is C6H7N4P. The summed E-state index contributed by atoms with van der Waals surface area (Å²) in [5.74, 6) is 0. The molecule has 1 unspecified atom stereocenters. The van der Waals surface area contributed by atoms with Gasteiger partial charge in [-0.1, -0.05) is 0 Å². The van der Waals surface area contributed by atoms with Crippen LogP contribution in [0.3, 0.4) is 0 Å². The number of rotatable bonds is 0. The normalized spacial score (nSPS) is 10.7. The fourth-order valence-electron chi connectivity index (χ4n) is 0.969. The molecule has 2 rings (SSSR count). The Morgan fingerprint density at radius 3 is 2.91 bits per heavy atom. The van der Waals surface area contributed by atoms with Crippen molar-refractivity contribution in [3.05, 3.63) is 18.3 Å². The highest BCUT2D eigenvalue weighted by Gasteiger charge is 2.02. The second-order valence-electron chi connectivity index (χ2n) is 2.28. The zero-order valence-corrected chi connectivity index (χ0v) is 7.18. The molecule has 4 nitrogen and oxygen atoms in total. The Bertz CT molecular complexity index is 394. The number of hydrogen-bond acceptors (Lipinski definition) is 3. The van der Waals surface area contributed by atoms with Crippen molar-refractivity contribution in [3.63, 3.8) is 0 Å². The van der Waals surface area contributed by atoms with Gasteiger partial charge in [-0.2, -0.15) is 0 Å². The maximum Gasteiger partial charge on any atom is 0.166 e. The molecule has 2 heterocycles. The highest BCUT2D eigenvalue weighted by atomic mass is 31.0. The first-order valence-corrected chi connectivity index (χ1v) is 3.70. The van der Waals surface area contributed by atoms with Crippen LogP contribution in [0.15, 0.2) is 12.7 Å². The minimum Gasteiger partial charge on any atom is -0.299 e. The first-order valence-electron chi connectivity index (χ1n) is 3.19. The highest BCUT2D eigenvalue weighted by Crippen LogP contribution is 2.12. The molecule has 2 aromatic rings. The van der Waals surface area contributed by atoms with Crippen molar-refractivity contribution in [1.82, 2.24) is 19.3 Å². The van der Waals surface area contributed by atoms with Gasteiger partial charge in [-0.3, -0.25) is 4.34 Å². The molecule has 1 atom stereocenters. The number of imidazole rings is 1. The van der Waals surface area contributed by atoms with Gasteiger partial charge in [0.2, 0.25) is 0 Å².